The summed E-state index contributed by atoms with van der Waals surface area (Å²) in [6, 6.07) is -2.23. The number of hydrogen-bond donors (Lipinski definition) is 7. The van der Waals surface area contributed by atoms with Gasteiger partial charge in [0.25, 0.3) is 0 Å². The lowest BCUT2D eigenvalue weighted by Gasteiger charge is -2.27. The SMILES string of the molecule is Nc1ncnc2c1ncn2[C@@H]1O[C@H](CN(CCC(N)C(=O)O)CCC(N)C(=O)O)[C@@H](O)[C@H]1O. The van der Waals surface area contributed by atoms with E-state index >= 15 is 0 Å². The number of aliphatic hydroxyl groups is 2. The molecule has 0 spiro atoms. The van der Waals surface area contributed by atoms with Gasteiger partial charge in [-0.2, -0.15) is 0 Å². The van der Waals surface area contributed by atoms with Crippen LogP contribution in [0.4, 0.5) is 5.82 Å². The minimum atomic E-state index is -1.33. The summed E-state index contributed by atoms with van der Waals surface area (Å²) in [5, 5.41) is 39.3. The van der Waals surface area contributed by atoms with Gasteiger partial charge < -0.3 is 47.3 Å². The molecule has 0 aromatic carbocycles. The maximum atomic E-state index is 11.0. The van der Waals surface area contributed by atoms with Crippen molar-refractivity contribution in [3.05, 3.63) is 12.7 Å². The standard InChI is InChI=1S/C18H28N8O7/c19-8(17(29)30)1-3-25(4-2-9(20)18(31)32)5-10-12(27)13(28)16(33-10)26-7-24-11-14(21)22-6-23-15(11)26/h6-10,12-13,16,27-28H,1-5,19-20H2,(H,29,30)(H,31,32)(H2,21,22,23)/t8?,9?,10-,12-,13-,16-/m1/s1. The normalized spacial score (nSPS) is 24.9. The molecule has 10 N–H and O–H groups in total. The molecule has 6 atom stereocenters. The van der Waals surface area contributed by atoms with Crippen molar-refractivity contribution in [3.63, 3.8) is 0 Å². The first kappa shape index (κ1) is 24.7. The topological polar surface area (TPSA) is 249 Å². The summed E-state index contributed by atoms with van der Waals surface area (Å²) >= 11 is 0. The Hall–Kier alpha value is -2.95. The zero-order valence-corrected chi connectivity index (χ0v) is 17.6. The van der Waals surface area contributed by atoms with Crippen LogP contribution < -0.4 is 17.2 Å². The molecule has 0 aliphatic carbocycles. The smallest absolute Gasteiger partial charge is 0.320 e. The van der Waals surface area contributed by atoms with Crippen LogP contribution in [-0.2, 0) is 14.3 Å². The van der Waals surface area contributed by atoms with E-state index in [2.05, 4.69) is 15.0 Å². The number of nitrogens with two attached hydrogens (primary N) is 3. The third-order valence-electron chi connectivity index (χ3n) is 5.58. The number of carboxylic acid groups (broad SMARTS) is 2. The van der Waals surface area contributed by atoms with E-state index in [1.165, 1.54) is 17.2 Å². The first-order valence-electron chi connectivity index (χ1n) is 10.2. The second kappa shape index (κ2) is 10.3. The van der Waals surface area contributed by atoms with E-state index in [9.17, 15) is 19.8 Å². The van der Waals surface area contributed by atoms with E-state index in [-0.39, 0.29) is 38.3 Å². The van der Waals surface area contributed by atoms with Gasteiger partial charge in [-0.1, -0.05) is 0 Å². The monoisotopic (exact) mass is 468 g/mol. The highest BCUT2D eigenvalue weighted by atomic mass is 16.6. The number of rotatable bonds is 11. The average molecular weight is 468 g/mol. The van der Waals surface area contributed by atoms with Crippen LogP contribution in [0.2, 0.25) is 0 Å². The molecule has 1 fully saturated rings. The van der Waals surface area contributed by atoms with Gasteiger partial charge in [-0.15, -0.1) is 0 Å². The molecule has 3 rings (SSSR count). The van der Waals surface area contributed by atoms with Crippen molar-refractivity contribution in [1.29, 1.82) is 0 Å². The van der Waals surface area contributed by atoms with Crippen LogP contribution in [0.25, 0.3) is 11.2 Å². The molecule has 182 valence electrons. The number of nitrogen functional groups attached to an aromatic ring is 1. The minimum Gasteiger partial charge on any atom is -0.480 e. The number of ether oxygens (including phenoxy) is 1. The lowest BCUT2D eigenvalue weighted by molar-refractivity contribution is -0.139. The maximum absolute atomic E-state index is 11.0. The highest BCUT2D eigenvalue weighted by Gasteiger charge is 2.45. The van der Waals surface area contributed by atoms with Crippen LogP contribution in [0, 0.1) is 0 Å². The summed E-state index contributed by atoms with van der Waals surface area (Å²) < 4.78 is 7.34. The number of fused-ring (bicyclic) bond motifs is 1. The van der Waals surface area contributed by atoms with Crippen molar-refractivity contribution < 1.29 is 34.8 Å². The Morgan fingerprint density at radius 2 is 1.67 bits per heavy atom. The van der Waals surface area contributed by atoms with E-state index in [0.717, 1.165) is 0 Å². The van der Waals surface area contributed by atoms with Gasteiger partial charge in [0.15, 0.2) is 17.7 Å². The van der Waals surface area contributed by atoms with Crippen molar-refractivity contribution in [3.8, 4) is 0 Å². The van der Waals surface area contributed by atoms with E-state index < -0.39 is 48.6 Å². The predicted octanol–water partition coefficient (Wildman–Crippen LogP) is -3.07. The van der Waals surface area contributed by atoms with Gasteiger partial charge in [-0.05, 0) is 12.8 Å². The van der Waals surface area contributed by atoms with Gasteiger partial charge >= 0.3 is 11.9 Å². The summed E-state index contributed by atoms with van der Waals surface area (Å²) in [6.45, 7) is 0.437. The molecule has 2 aromatic heterocycles. The summed E-state index contributed by atoms with van der Waals surface area (Å²) in [5.41, 5.74) is 17.6. The van der Waals surface area contributed by atoms with Gasteiger partial charge in [-0.3, -0.25) is 14.2 Å². The zero-order chi connectivity index (χ0) is 24.3. The molecule has 0 bridgehead atoms. The van der Waals surface area contributed by atoms with E-state index in [1.807, 2.05) is 0 Å². The third kappa shape index (κ3) is 5.52. The van der Waals surface area contributed by atoms with Crippen molar-refractivity contribution >= 4 is 28.9 Å². The quantitative estimate of drug-likeness (QED) is 0.173. The van der Waals surface area contributed by atoms with Gasteiger partial charge in [0.2, 0.25) is 0 Å². The maximum Gasteiger partial charge on any atom is 0.320 e. The molecule has 0 amide bonds. The van der Waals surface area contributed by atoms with Crippen LogP contribution in [0.5, 0.6) is 0 Å². The fraction of sp³-hybridized carbons (Fsp3) is 0.611. The van der Waals surface area contributed by atoms with Crippen LogP contribution in [-0.4, -0.2) is 107 Å². The fourth-order valence-corrected chi connectivity index (χ4v) is 3.61. The Balaban J connectivity index is 1.73. The average Bonchev–Trinajstić information content (AvgIpc) is 3.32. The number of imidazole rings is 1. The second-order valence-electron chi connectivity index (χ2n) is 7.90. The predicted molar refractivity (Wildman–Crippen MR) is 113 cm³/mol. The summed E-state index contributed by atoms with van der Waals surface area (Å²) in [7, 11) is 0. The Morgan fingerprint density at radius 1 is 1.06 bits per heavy atom. The van der Waals surface area contributed by atoms with Gasteiger partial charge in [0.1, 0.15) is 42.2 Å². The molecule has 0 saturated carbocycles. The van der Waals surface area contributed by atoms with Crippen LogP contribution in [0.3, 0.4) is 0 Å². The zero-order valence-electron chi connectivity index (χ0n) is 17.6. The first-order valence-corrected chi connectivity index (χ1v) is 10.2. The van der Waals surface area contributed by atoms with Crippen LogP contribution in [0.1, 0.15) is 19.1 Å². The van der Waals surface area contributed by atoms with Crippen molar-refractivity contribution in [2.75, 3.05) is 25.4 Å². The lowest BCUT2D eigenvalue weighted by Crippen LogP contribution is -2.44. The number of aromatic nitrogens is 4. The van der Waals surface area contributed by atoms with Crippen molar-refractivity contribution in [2.45, 2.75) is 49.5 Å². The minimum absolute atomic E-state index is 0.0666. The Bertz CT molecular complexity index is 964. The number of carbonyl (C=O) groups is 2. The fourth-order valence-electron chi connectivity index (χ4n) is 3.61. The Kier molecular flexibility index (Phi) is 7.72. The number of carboxylic acids is 2. The summed E-state index contributed by atoms with van der Waals surface area (Å²) in [4.78, 5) is 35.9. The largest absolute Gasteiger partial charge is 0.480 e. The molecule has 15 nitrogen and oxygen atoms in total. The molecule has 15 heteroatoms. The molecule has 1 aliphatic rings. The van der Waals surface area contributed by atoms with Gasteiger partial charge in [-0.25, -0.2) is 15.0 Å². The lowest BCUT2D eigenvalue weighted by atomic mass is 10.1. The van der Waals surface area contributed by atoms with E-state index in [0.29, 0.717) is 11.2 Å². The first-order chi connectivity index (χ1) is 15.6. The van der Waals surface area contributed by atoms with E-state index in [4.69, 9.17) is 32.2 Å². The number of anilines is 1. The third-order valence-corrected chi connectivity index (χ3v) is 5.58. The van der Waals surface area contributed by atoms with Crippen LogP contribution >= 0.6 is 0 Å². The van der Waals surface area contributed by atoms with Gasteiger partial charge in [0, 0.05) is 19.6 Å². The molecular weight excluding hydrogens is 440 g/mol. The highest BCUT2D eigenvalue weighted by Crippen LogP contribution is 2.32. The number of nitrogens with zero attached hydrogens (tertiary/aromatic N) is 5. The molecule has 1 saturated heterocycles. The molecule has 0 radical (unpaired) electrons. The number of aliphatic hydroxyl groups excluding tert-OH is 2. The summed E-state index contributed by atoms with van der Waals surface area (Å²) in [5.74, 6) is -2.19. The highest BCUT2D eigenvalue weighted by molar-refractivity contribution is 5.81. The summed E-state index contributed by atoms with van der Waals surface area (Å²) in [6.07, 6.45) is -1.76. The van der Waals surface area contributed by atoms with Crippen molar-refractivity contribution in [2.24, 2.45) is 11.5 Å². The Morgan fingerprint density at radius 3 is 2.24 bits per heavy atom. The molecule has 1 aliphatic heterocycles. The number of aliphatic carboxylic acids is 2. The van der Waals surface area contributed by atoms with E-state index in [1.54, 1.807) is 4.90 Å². The van der Waals surface area contributed by atoms with Crippen LogP contribution in [0.15, 0.2) is 12.7 Å². The molecular formula is C18H28N8O7. The number of hydrogen-bond acceptors (Lipinski definition) is 12. The Labute approximate surface area is 187 Å². The molecule has 3 heterocycles. The second-order valence-corrected chi connectivity index (χ2v) is 7.90. The molecule has 2 unspecified atom stereocenters. The molecule has 33 heavy (non-hydrogen) atoms. The molecule has 2 aromatic rings. The van der Waals surface area contributed by atoms with Crippen molar-refractivity contribution in [1.82, 2.24) is 24.4 Å². The van der Waals surface area contributed by atoms with Gasteiger partial charge in [0.05, 0.1) is 6.33 Å².